The first kappa shape index (κ1) is 29.9. The minimum absolute atomic E-state index is 0.0898. The van der Waals surface area contributed by atoms with Gasteiger partial charge in [-0.05, 0) is 47.8 Å². The van der Waals surface area contributed by atoms with Crippen LogP contribution in [0.4, 0.5) is 4.79 Å². The normalized spacial score (nSPS) is 26.4. The number of primary amides is 1. The number of hydrogen-bond donors (Lipinski definition) is 3. The molecule has 0 radical (unpaired) electrons. The largest absolute Gasteiger partial charge is 0.446 e. The zero-order chi connectivity index (χ0) is 28.7. The number of alkyl carbamates (subject to hydrolysis) is 1. The molecule has 0 aromatic rings. The van der Waals surface area contributed by atoms with Gasteiger partial charge in [0.1, 0.15) is 18.2 Å². The molecule has 10 heteroatoms. The molecule has 3 fully saturated rings. The summed E-state index contributed by atoms with van der Waals surface area (Å²) in [5.41, 5.74) is 4.48. The van der Waals surface area contributed by atoms with Gasteiger partial charge in [0.25, 0.3) is 5.91 Å². The zero-order valence-corrected chi connectivity index (χ0v) is 24.1. The fraction of sp³-hybridized carbons (Fsp3) is 0.821. The van der Waals surface area contributed by atoms with Gasteiger partial charge in [0.2, 0.25) is 17.6 Å². The van der Waals surface area contributed by atoms with Crippen molar-refractivity contribution in [1.82, 2.24) is 15.5 Å². The number of likely N-dealkylation sites (tertiary alicyclic amines) is 1. The van der Waals surface area contributed by atoms with E-state index in [4.69, 9.17) is 10.5 Å². The zero-order valence-electron chi connectivity index (χ0n) is 24.1. The number of amides is 4. The summed E-state index contributed by atoms with van der Waals surface area (Å²) < 4.78 is 5.46. The van der Waals surface area contributed by atoms with E-state index in [9.17, 15) is 24.0 Å². The summed E-state index contributed by atoms with van der Waals surface area (Å²) in [6, 6.07) is -2.75. The number of ketones is 1. The SMILES string of the molecule is CC(C)C(C)OC(=O)N[C@H](C(=O)N1CC2C([C@H]1C(=O)NC(CC1CCC1)C(=O)C(N)=O)C2(C)C)C(C)(C)C. The number of nitrogens with two attached hydrogens (primary N) is 1. The Balaban J connectivity index is 1.82. The van der Waals surface area contributed by atoms with Gasteiger partial charge in [0.05, 0.1) is 6.04 Å². The minimum Gasteiger partial charge on any atom is -0.446 e. The Kier molecular flexibility index (Phi) is 8.53. The molecule has 0 spiro atoms. The summed E-state index contributed by atoms with van der Waals surface area (Å²) in [6.07, 6.45) is 2.28. The predicted molar refractivity (Wildman–Crippen MR) is 142 cm³/mol. The van der Waals surface area contributed by atoms with Crippen molar-refractivity contribution in [2.24, 2.45) is 40.2 Å². The van der Waals surface area contributed by atoms with Crippen molar-refractivity contribution in [3.05, 3.63) is 0 Å². The maximum atomic E-state index is 13.9. The van der Waals surface area contributed by atoms with Crippen LogP contribution in [0.2, 0.25) is 0 Å². The lowest BCUT2D eigenvalue weighted by Gasteiger charge is -2.38. The monoisotopic (exact) mass is 534 g/mol. The first-order chi connectivity index (χ1) is 17.5. The number of ether oxygens (including phenoxy) is 1. The third kappa shape index (κ3) is 6.15. The van der Waals surface area contributed by atoms with Crippen LogP contribution in [0.5, 0.6) is 0 Å². The van der Waals surface area contributed by atoms with Crippen LogP contribution in [0, 0.1) is 34.5 Å². The van der Waals surface area contributed by atoms with Gasteiger partial charge in [0, 0.05) is 6.54 Å². The second kappa shape index (κ2) is 10.8. The summed E-state index contributed by atoms with van der Waals surface area (Å²) in [5.74, 6) is -2.33. The summed E-state index contributed by atoms with van der Waals surface area (Å²) in [5, 5.41) is 5.53. The molecular formula is C28H46N4O6. The van der Waals surface area contributed by atoms with Crippen LogP contribution in [0.15, 0.2) is 0 Å². The molecule has 3 aliphatic rings. The molecule has 0 aromatic carbocycles. The number of fused-ring (bicyclic) bond motifs is 1. The standard InChI is InChI=1S/C28H46N4O6/c1-14(2)15(3)38-26(37)31-22(27(4,5)6)25(36)32-13-17-19(28(17,7)8)20(32)24(35)30-18(21(33)23(29)34)12-16-10-9-11-16/h14-20,22H,9-13H2,1-8H3,(H2,29,34)(H,30,35)(H,31,37)/t15?,17?,18?,19?,20-,22+/m0/s1. The van der Waals surface area contributed by atoms with E-state index in [0.717, 1.165) is 19.3 Å². The van der Waals surface area contributed by atoms with Gasteiger partial charge in [-0.2, -0.15) is 0 Å². The molecule has 4 unspecified atom stereocenters. The van der Waals surface area contributed by atoms with Crippen LogP contribution < -0.4 is 16.4 Å². The Bertz CT molecular complexity index is 967. The maximum absolute atomic E-state index is 13.9. The number of nitrogens with one attached hydrogen (secondary N) is 2. The van der Waals surface area contributed by atoms with Crippen molar-refractivity contribution in [1.29, 1.82) is 0 Å². The molecule has 1 saturated heterocycles. The van der Waals surface area contributed by atoms with Crippen molar-refractivity contribution in [2.45, 2.75) is 105 Å². The lowest BCUT2D eigenvalue weighted by atomic mass is 9.80. The summed E-state index contributed by atoms with van der Waals surface area (Å²) in [6.45, 7) is 15.7. The first-order valence-electron chi connectivity index (χ1n) is 13.9. The van der Waals surface area contributed by atoms with E-state index in [1.807, 2.05) is 34.6 Å². The lowest BCUT2D eigenvalue weighted by molar-refractivity contribution is -0.145. The highest BCUT2D eigenvalue weighted by molar-refractivity contribution is 6.37. The number of carbonyl (C=O) groups excluding carboxylic acids is 5. The molecule has 214 valence electrons. The average Bonchev–Trinajstić information content (AvgIpc) is 3.10. The number of rotatable bonds is 10. The smallest absolute Gasteiger partial charge is 0.408 e. The van der Waals surface area contributed by atoms with E-state index < -0.39 is 47.2 Å². The summed E-state index contributed by atoms with van der Waals surface area (Å²) in [7, 11) is 0. The molecule has 3 rings (SSSR count). The Hall–Kier alpha value is -2.65. The Morgan fingerprint density at radius 2 is 1.66 bits per heavy atom. The quantitative estimate of drug-likeness (QED) is 0.367. The highest BCUT2D eigenvalue weighted by Gasteiger charge is 2.70. The molecule has 4 amide bonds. The van der Waals surface area contributed by atoms with E-state index in [1.165, 1.54) is 4.90 Å². The van der Waals surface area contributed by atoms with E-state index >= 15 is 0 Å². The Morgan fingerprint density at radius 1 is 1.05 bits per heavy atom. The van der Waals surface area contributed by atoms with E-state index in [2.05, 4.69) is 24.5 Å². The van der Waals surface area contributed by atoms with Crippen molar-refractivity contribution in [3.8, 4) is 0 Å². The fourth-order valence-electron chi connectivity index (χ4n) is 5.81. The van der Waals surface area contributed by atoms with Crippen LogP contribution in [0.1, 0.15) is 81.1 Å². The third-order valence-electron chi connectivity index (χ3n) is 9.04. The average molecular weight is 535 g/mol. The van der Waals surface area contributed by atoms with Gasteiger partial charge < -0.3 is 26.0 Å². The van der Waals surface area contributed by atoms with Gasteiger partial charge >= 0.3 is 6.09 Å². The Labute approximate surface area is 226 Å². The molecule has 2 aliphatic carbocycles. The van der Waals surface area contributed by atoms with Crippen LogP contribution >= 0.6 is 0 Å². The highest BCUT2D eigenvalue weighted by atomic mass is 16.6. The molecule has 0 aromatic heterocycles. The first-order valence-corrected chi connectivity index (χ1v) is 13.9. The number of piperidine rings is 1. The van der Waals surface area contributed by atoms with Gasteiger partial charge in [-0.3, -0.25) is 19.2 Å². The summed E-state index contributed by atoms with van der Waals surface area (Å²) in [4.78, 5) is 66.1. The fourth-order valence-corrected chi connectivity index (χ4v) is 5.81. The minimum atomic E-state index is -1.08. The molecule has 1 aliphatic heterocycles. The lowest BCUT2D eigenvalue weighted by Crippen LogP contribution is -2.60. The van der Waals surface area contributed by atoms with Crippen molar-refractivity contribution >= 4 is 29.6 Å². The van der Waals surface area contributed by atoms with Crippen molar-refractivity contribution in [3.63, 3.8) is 0 Å². The molecule has 10 nitrogen and oxygen atoms in total. The van der Waals surface area contributed by atoms with E-state index in [1.54, 1.807) is 6.92 Å². The molecular weight excluding hydrogens is 488 g/mol. The van der Waals surface area contributed by atoms with Crippen LogP contribution in [0.3, 0.4) is 0 Å². The number of Topliss-reactive ketones (excluding diaryl/α,β-unsaturated/α-hetero) is 1. The van der Waals surface area contributed by atoms with Crippen LogP contribution in [0.25, 0.3) is 0 Å². The topological polar surface area (TPSA) is 148 Å². The maximum Gasteiger partial charge on any atom is 0.408 e. The second-order valence-corrected chi connectivity index (χ2v) is 13.5. The van der Waals surface area contributed by atoms with Gasteiger partial charge in [-0.15, -0.1) is 0 Å². The summed E-state index contributed by atoms with van der Waals surface area (Å²) >= 11 is 0. The van der Waals surface area contributed by atoms with Gasteiger partial charge in [0.15, 0.2) is 0 Å². The van der Waals surface area contributed by atoms with E-state index in [-0.39, 0.29) is 41.1 Å². The molecule has 2 saturated carbocycles. The molecule has 4 N–H and O–H groups in total. The van der Waals surface area contributed by atoms with Crippen LogP contribution in [-0.2, 0) is 23.9 Å². The molecule has 1 heterocycles. The Morgan fingerprint density at radius 3 is 2.13 bits per heavy atom. The van der Waals surface area contributed by atoms with E-state index in [0.29, 0.717) is 13.0 Å². The van der Waals surface area contributed by atoms with Crippen molar-refractivity contribution in [2.75, 3.05) is 6.54 Å². The number of hydrogen-bond acceptors (Lipinski definition) is 6. The number of carbonyl (C=O) groups is 5. The third-order valence-corrected chi connectivity index (χ3v) is 9.04. The van der Waals surface area contributed by atoms with Crippen molar-refractivity contribution < 1.29 is 28.7 Å². The molecule has 0 bridgehead atoms. The highest BCUT2D eigenvalue weighted by Crippen LogP contribution is 2.65. The van der Waals surface area contributed by atoms with Crippen LogP contribution in [-0.4, -0.2) is 65.3 Å². The van der Waals surface area contributed by atoms with Gasteiger partial charge in [-0.1, -0.05) is 67.7 Å². The molecule has 38 heavy (non-hydrogen) atoms. The van der Waals surface area contributed by atoms with Gasteiger partial charge in [-0.25, -0.2) is 4.79 Å². The molecule has 6 atom stereocenters. The predicted octanol–water partition coefficient (Wildman–Crippen LogP) is 2.38. The second-order valence-electron chi connectivity index (χ2n) is 13.5. The number of nitrogens with zero attached hydrogens (tertiary/aromatic N) is 1.